The molecule has 0 saturated carbocycles. The second-order valence-electron chi connectivity index (χ2n) is 5.57. The van der Waals surface area contributed by atoms with Crippen LogP contribution in [0.15, 0.2) is 24.3 Å². The first-order valence-corrected chi connectivity index (χ1v) is 7.39. The van der Waals surface area contributed by atoms with Crippen molar-refractivity contribution in [2.45, 2.75) is 19.8 Å². The minimum absolute atomic E-state index is 0.0182. The van der Waals surface area contributed by atoms with E-state index in [9.17, 15) is 14.4 Å². The van der Waals surface area contributed by atoms with Crippen molar-refractivity contribution in [1.82, 2.24) is 4.90 Å². The molecule has 0 radical (unpaired) electrons. The van der Waals surface area contributed by atoms with Crippen LogP contribution in [0.25, 0.3) is 0 Å². The number of carbonyl (C=O) groups is 3. The zero-order valence-corrected chi connectivity index (χ0v) is 12.7. The average Bonchev–Trinajstić information content (AvgIpc) is 2.53. The summed E-state index contributed by atoms with van der Waals surface area (Å²) in [6.07, 6.45) is 1.53. The van der Waals surface area contributed by atoms with Gasteiger partial charge >= 0.3 is 0 Å². The number of nitrogens with two attached hydrogens (primary N) is 1. The molecule has 6 heteroatoms. The fraction of sp³-hybridized carbons (Fsp3) is 0.438. The Morgan fingerprint density at radius 3 is 2.82 bits per heavy atom. The van der Waals surface area contributed by atoms with Crippen molar-refractivity contribution in [1.29, 1.82) is 0 Å². The SMILES string of the molecule is CC(=O)c1cccc(NCC(=O)N2CCCC(C(N)=O)C2)c1. The van der Waals surface area contributed by atoms with Crippen molar-refractivity contribution >= 4 is 23.3 Å². The maximum Gasteiger partial charge on any atom is 0.241 e. The highest BCUT2D eigenvalue weighted by molar-refractivity contribution is 5.95. The number of benzene rings is 1. The van der Waals surface area contributed by atoms with Crippen LogP contribution < -0.4 is 11.1 Å². The Bertz CT molecular complexity index is 586. The first-order chi connectivity index (χ1) is 10.5. The third-order valence-electron chi connectivity index (χ3n) is 3.89. The molecule has 1 heterocycles. The minimum atomic E-state index is -0.348. The van der Waals surface area contributed by atoms with Gasteiger partial charge in [0.15, 0.2) is 5.78 Å². The van der Waals surface area contributed by atoms with E-state index in [0.717, 1.165) is 18.5 Å². The summed E-state index contributed by atoms with van der Waals surface area (Å²) < 4.78 is 0. The molecule has 3 N–H and O–H groups in total. The van der Waals surface area contributed by atoms with Gasteiger partial charge in [-0.1, -0.05) is 12.1 Å². The summed E-state index contributed by atoms with van der Waals surface area (Å²) in [5, 5.41) is 3.02. The van der Waals surface area contributed by atoms with Crippen molar-refractivity contribution in [3.63, 3.8) is 0 Å². The molecule has 1 saturated heterocycles. The molecule has 0 aromatic heterocycles. The average molecular weight is 303 g/mol. The predicted molar refractivity (Wildman–Crippen MR) is 83.4 cm³/mol. The Hall–Kier alpha value is -2.37. The fourth-order valence-corrected chi connectivity index (χ4v) is 2.57. The number of nitrogens with one attached hydrogen (secondary N) is 1. The molecule has 6 nitrogen and oxygen atoms in total. The van der Waals surface area contributed by atoms with Crippen molar-refractivity contribution in [2.75, 3.05) is 25.0 Å². The number of amides is 2. The Morgan fingerprint density at radius 1 is 1.36 bits per heavy atom. The number of piperidine rings is 1. The molecule has 1 fully saturated rings. The number of primary amides is 1. The van der Waals surface area contributed by atoms with Gasteiger partial charge in [0.2, 0.25) is 11.8 Å². The van der Waals surface area contributed by atoms with E-state index < -0.39 is 0 Å². The second kappa shape index (κ2) is 7.06. The van der Waals surface area contributed by atoms with E-state index in [1.165, 1.54) is 6.92 Å². The lowest BCUT2D eigenvalue weighted by Gasteiger charge is -2.31. The lowest BCUT2D eigenvalue weighted by atomic mass is 9.97. The topological polar surface area (TPSA) is 92.5 Å². The van der Waals surface area contributed by atoms with Crippen LogP contribution in [-0.4, -0.2) is 42.1 Å². The zero-order valence-electron chi connectivity index (χ0n) is 12.7. The number of anilines is 1. The standard InChI is InChI=1S/C16H21N3O3/c1-11(20)12-4-2-6-14(8-12)18-9-15(21)19-7-3-5-13(10-19)16(17)22/h2,4,6,8,13,18H,3,5,7,9-10H2,1H3,(H2,17,22). The molecular formula is C16H21N3O3. The minimum Gasteiger partial charge on any atom is -0.376 e. The summed E-state index contributed by atoms with van der Waals surface area (Å²) >= 11 is 0. The normalized spacial score (nSPS) is 17.9. The van der Waals surface area contributed by atoms with Crippen molar-refractivity contribution in [2.24, 2.45) is 11.7 Å². The number of hydrogen-bond donors (Lipinski definition) is 2. The monoisotopic (exact) mass is 303 g/mol. The molecule has 22 heavy (non-hydrogen) atoms. The quantitative estimate of drug-likeness (QED) is 0.794. The molecule has 1 aliphatic heterocycles. The Labute approximate surface area is 129 Å². The van der Waals surface area contributed by atoms with Crippen LogP contribution in [0, 0.1) is 5.92 Å². The van der Waals surface area contributed by atoms with Crippen LogP contribution in [0.5, 0.6) is 0 Å². The smallest absolute Gasteiger partial charge is 0.241 e. The molecule has 2 rings (SSSR count). The number of ketones is 1. The Balaban J connectivity index is 1.91. The van der Waals surface area contributed by atoms with Crippen molar-refractivity contribution < 1.29 is 14.4 Å². The summed E-state index contributed by atoms with van der Waals surface area (Å²) in [5.41, 5.74) is 6.64. The lowest BCUT2D eigenvalue weighted by Crippen LogP contribution is -2.45. The van der Waals surface area contributed by atoms with Gasteiger partial charge in [0.1, 0.15) is 0 Å². The molecule has 1 unspecified atom stereocenters. The van der Waals surface area contributed by atoms with Gasteiger partial charge in [0.05, 0.1) is 12.5 Å². The maximum atomic E-state index is 12.2. The van der Waals surface area contributed by atoms with Crippen LogP contribution in [0.1, 0.15) is 30.1 Å². The van der Waals surface area contributed by atoms with Gasteiger partial charge in [0.25, 0.3) is 0 Å². The van der Waals surface area contributed by atoms with Gasteiger partial charge in [0, 0.05) is 24.3 Å². The molecule has 0 spiro atoms. The van der Waals surface area contributed by atoms with Crippen molar-refractivity contribution in [3.05, 3.63) is 29.8 Å². The van der Waals surface area contributed by atoms with Gasteiger partial charge in [-0.05, 0) is 31.9 Å². The van der Waals surface area contributed by atoms with E-state index in [1.54, 1.807) is 23.1 Å². The summed E-state index contributed by atoms with van der Waals surface area (Å²) in [5.74, 6) is -0.687. The summed E-state index contributed by atoms with van der Waals surface area (Å²) in [6, 6.07) is 7.03. The van der Waals surface area contributed by atoms with Gasteiger partial charge < -0.3 is 16.0 Å². The van der Waals surface area contributed by atoms with Crippen molar-refractivity contribution in [3.8, 4) is 0 Å². The second-order valence-corrected chi connectivity index (χ2v) is 5.57. The first kappa shape index (κ1) is 16.0. The van der Waals surface area contributed by atoms with E-state index in [0.29, 0.717) is 18.7 Å². The van der Waals surface area contributed by atoms with Crippen LogP contribution in [0.4, 0.5) is 5.69 Å². The number of hydrogen-bond acceptors (Lipinski definition) is 4. The highest BCUT2D eigenvalue weighted by Crippen LogP contribution is 2.16. The number of Topliss-reactive ketones (excluding diaryl/α,β-unsaturated/α-hetero) is 1. The van der Waals surface area contributed by atoms with E-state index in [-0.39, 0.29) is 30.1 Å². The van der Waals surface area contributed by atoms with E-state index in [1.807, 2.05) is 6.07 Å². The molecule has 0 aliphatic carbocycles. The maximum absolute atomic E-state index is 12.2. The summed E-state index contributed by atoms with van der Waals surface area (Å²) in [7, 11) is 0. The lowest BCUT2D eigenvalue weighted by molar-refractivity contribution is -0.133. The summed E-state index contributed by atoms with van der Waals surface area (Å²) in [4.78, 5) is 36.4. The number of rotatable bonds is 5. The van der Waals surface area contributed by atoms with Crippen LogP contribution in [0.2, 0.25) is 0 Å². The van der Waals surface area contributed by atoms with Crippen LogP contribution in [0.3, 0.4) is 0 Å². The first-order valence-electron chi connectivity index (χ1n) is 7.39. The van der Waals surface area contributed by atoms with Gasteiger partial charge in [-0.3, -0.25) is 14.4 Å². The molecule has 118 valence electrons. The number of carbonyl (C=O) groups excluding carboxylic acids is 3. The van der Waals surface area contributed by atoms with E-state index in [2.05, 4.69) is 5.32 Å². The fourth-order valence-electron chi connectivity index (χ4n) is 2.57. The van der Waals surface area contributed by atoms with Crippen LogP contribution in [-0.2, 0) is 9.59 Å². The van der Waals surface area contributed by atoms with E-state index in [4.69, 9.17) is 5.73 Å². The largest absolute Gasteiger partial charge is 0.376 e. The molecular weight excluding hydrogens is 282 g/mol. The third-order valence-corrected chi connectivity index (χ3v) is 3.89. The Morgan fingerprint density at radius 2 is 2.14 bits per heavy atom. The molecule has 1 aromatic carbocycles. The molecule has 1 aliphatic rings. The highest BCUT2D eigenvalue weighted by Gasteiger charge is 2.26. The molecule has 0 bridgehead atoms. The highest BCUT2D eigenvalue weighted by atomic mass is 16.2. The molecule has 1 aromatic rings. The molecule has 2 amide bonds. The Kier molecular flexibility index (Phi) is 5.14. The van der Waals surface area contributed by atoms with Crippen LogP contribution >= 0.6 is 0 Å². The van der Waals surface area contributed by atoms with Gasteiger partial charge in [-0.25, -0.2) is 0 Å². The summed E-state index contributed by atoms with van der Waals surface area (Å²) in [6.45, 7) is 2.68. The van der Waals surface area contributed by atoms with E-state index >= 15 is 0 Å². The number of likely N-dealkylation sites (tertiary alicyclic amines) is 1. The van der Waals surface area contributed by atoms with Gasteiger partial charge in [-0.2, -0.15) is 0 Å². The third kappa shape index (κ3) is 4.07. The predicted octanol–water partition coefficient (Wildman–Crippen LogP) is 1.02. The van der Waals surface area contributed by atoms with Gasteiger partial charge in [-0.15, -0.1) is 0 Å². The molecule has 1 atom stereocenters. The zero-order chi connectivity index (χ0) is 16.1. The number of nitrogens with zero attached hydrogens (tertiary/aromatic N) is 1.